The number of pyridine rings is 1. The van der Waals surface area contributed by atoms with Crippen molar-refractivity contribution in [3.8, 4) is 0 Å². The van der Waals surface area contributed by atoms with Gasteiger partial charge < -0.3 is 5.73 Å². The van der Waals surface area contributed by atoms with E-state index in [2.05, 4.69) is 10.3 Å². The van der Waals surface area contributed by atoms with E-state index in [1.54, 1.807) is 6.20 Å². The van der Waals surface area contributed by atoms with Crippen molar-refractivity contribution in [2.45, 2.75) is 33.4 Å². The molecule has 0 saturated heterocycles. The lowest BCUT2D eigenvalue weighted by molar-refractivity contribution is -0.121. The fraction of sp³-hybridized carbons (Fsp3) is 0.500. The zero-order valence-corrected chi connectivity index (χ0v) is 10.0. The Labute approximate surface area is 96.3 Å². The predicted octanol–water partition coefficient (Wildman–Crippen LogP) is 0.990. The third-order valence-corrected chi connectivity index (χ3v) is 2.58. The minimum atomic E-state index is -0.316. The molecule has 1 unspecified atom stereocenters. The van der Waals surface area contributed by atoms with Crippen molar-refractivity contribution in [1.82, 2.24) is 10.3 Å². The normalized spacial score (nSPS) is 12.8. The highest BCUT2D eigenvalue weighted by Gasteiger charge is 2.18. The van der Waals surface area contributed by atoms with E-state index < -0.39 is 0 Å². The van der Waals surface area contributed by atoms with Gasteiger partial charge in [0.05, 0.1) is 11.7 Å². The topological polar surface area (TPSA) is 68.0 Å². The van der Waals surface area contributed by atoms with Crippen LogP contribution in [0.4, 0.5) is 0 Å². The van der Waals surface area contributed by atoms with Gasteiger partial charge in [0.1, 0.15) is 0 Å². The summed E-state index contributed by atoms with van der Waals surface area (Å²) in [7, 11) is 0. The van der Waals surface area contributed by atoms with Crippen LogP contribution in [0.25, 0.3) is 0 Å². The molecule has 1 rings (SSSR count). The molecule has 4 heteroatoms. The van der Waals surface area contributed by atoms with E-state index in [4.69, 9.17) is 5.73 Å². The van der Waals surface area contributed by atoms with Gasteiger partial charge in [-0.3, -0.25) is 15.1 Å². The zero-order chi connectivity index (χ0) is 12.1. The second-order valence-corrected chi connectivity index (χ2v) is 4.27. The number of carbonyl (C=O) groups is 1. The first-order valence-electron chi connectivity index (χ1n) is 5.45. The molecule has 1 aromatic rings. The number of nitrogens with zero attached hydrogens (tertiary/aromatic N) is 1. The fourth-order valence-electron chi connectivity index (χ4n) is 1.57. The Kier molecular flexibility index (Phi) is 4.43. The van der Waals surface area contributed by atoms with Crippen molar-refractivity contribution in [3.05, 3.63) is 29.6 Å². The Morgan fingerprint density at radius 2 is 2.25 bits per heavy atom. The van der Waals surface area contributed by atoms with Gasteiger partial charge in [0.25, 0.3) is 0 Å². The Hall–Kier alpha value is -1.42. The van der Waals surface area contributed by atoms with Gasteiger partial charge in [-0.05, 0) is 24.5 Å². The Balaban J connectivity index is 2.63. The van der Waals surface area contributed by atoms with Gasteiger partial charge in [-0.25, -0.2) is 0 Å². The second-order valence-electron chi connectivity index (χ2n) is 4.27. The van der Waals surface area contributed by atoms with Gasteiger partial charge in [0.15, 0.2) is 0 Å². The molecule has 0 fully saturated rings. The molecule has 0 saturated carbocycles. The standard InChI is InChI=1S/C12H19N3O/c1-8(2)11(12(13)16)15-7-10-9(3)5-4-6-14-10/h4-6,8,11,15H,7H2,1-3H3,(H2,13,16). The summed E-state index contributed by atoms with van der Waals surface area (Å²) >= 11 is 0. The van der Waals surface area contributed by atoms with Crippen LogP contribution in [0, 0.1) is 12.8 Å². The average Bonchev–Trinajstić information content (AvgIpc) is 2.20. The number of hydrogen-bond donors (Lipinski definition) is 2. The van der Waals surface area contributed by atoms with Crippen molar-refractivity contribution in [1.29, 1.82) is 0 Å². The van der Waals surface area contributed by atoms with Crippen LogP contribution in [0.5, 0.6) is 0 Å². The highest BCUT2D eigenvalue weighted by atomic mass is 16.1. The van der Waals surface area contributed by atoms with Crippen molar-refractivity contribution in [3.63, 3.8) is 0 Å². The summed E-state index contributed by atoms with van der Waals surface area (Å²) in [4.78, 5) is 15.4. The molecule has 1 amide bonds. The summed E-state index contributed by atoms with van der Waals surface area (Å²) < 4.78 is 0. The quantitative estimate of drug-likeness (QED) is 0.779. The molecule has 1 aromatic heterocycles. The zero-order valence-electron chi connectivity index (χ0n) is 10.0. The van der Waals surface area contributed by atoms with Gasteiger partial charge in [-0.1, -0.05) is 19.9 Å². The van der Waals surface area contributed by atoms with E-state index >= 15 is 0 Å². The first-order chi connectivity index (χ1) is 7.52. The summed E-state index contributed by atoms with van der Waals surface area (Å²) in [6.45, 7) is 6.50. The molecule has 0 radical (unpaired) electrons. The summed E-state index contributed by atoms with van der Waals surface area (Å²) in [5.41, 5.74) is 7.38. The van der Waals surface area contributed by atoms with Crippen LogP contribution in [0.3, 0.4) is 0 Å². The molecule has 0 aromatic carbocycles. The number of primary amides is 1. The molecular formula is C12H19N3O. The molecule has 0 aliphatic rings. The van der Waals surface area contributed by atoms with Gasteiger partial charge in [0.2, 0.25) is 5.91 Å². The first kappa shape index (κ1) is 12.6. The number of carbonyl (C=O) groups excluding carboxylic acids is 1. The maximum absolute atomic E-state index is 11.2. The number of nitrogens with two attached hydrogens (primary N) is 1. The lowest BCUT2D eigenvalue weighted by Crippen LogP contribution is -2.44. The van der Waals surface area contributed by atoms with Crippen molar-refractivity contribution in [2.75, 3.05) is 0 Å². The van der Waals surface area contributed by atoms with Crippen LogP contribution >= 0.6 is 0 Å². The minimum Gasteiger partial charge on any atom is -0.368 e. The van der Waals surface area contributed by atoms with Gasteiger partial charge >= 0.3 is 0 Å². The first-order valence-corrected chi connectivity index (χ1v) is 5.45. The minimum absolute atomic E-state index is 0.182. The van der Waals surface area contributed by atoms with E-state index in [9.17, 15) is 4.79 Å². The summed E-state index contributed by atoms with van der Waals surface area (Å²) in [5, 5.41) is 3.14. The van der Waals surface area contributed by atoms with Crippen LogP contribution in [-0.2, 0) is 11.3 Å². The highest BCUT2D eigenvalue weighted by molar-refractivity contribution is 5.80. The molecular weight excluding hydrogens is 202 g/mol. The average molecular weight is 221 g/mol. The van der Waals surface area contributed by atoms with Crippen LogP contribution < -0.4 is 11.1 Å². The Bertz CT molecular complexity index is 363. The van der Waals surface area contributed by atoms with Crippen LogP contribution in [-0.4, -0.2) is 16.9 Å². The Morgan fingerprint density at radius 3 is 2.75 bits per heavy atom. The second kappa shape index (κ2) is 5.61. The van der Waals surface area contributed by atoms with E-state index in [-0.39, 0.29) is 17.9 Å². The van der Waals surface area contributed by atoms with Crippen LogP contribution in [0.2, 0.25) is 0 Å². The molecule has 1 atom stereocenters. The van der Waals surface area contributed by atoms with E-state index in [1.807, 2.05) is 32.9 Å². The van der Waals surface area contributed by atoms with Crippen molar-refractivity contribution < 1.29 is 4.79 Å². The molecule has 16 heavy (non-hydrogen) atoms. The number of amides is 1. The van der Waals surface area contributed by atoms with E-state index in [0.29, 0.717) is 6.54 Å². The highest BCUT2D eigenvalue weighted by Crippen LogP contribution is 2.05. The number of rotatable bonds is 5. The number of nitrogens with one attached hydrogen (secondary N) is 1. The molecule has 3 N–H and O–H groups in total. The third-order valence-electron chi connectivity index (χ3n) is 2.58. The smallest absolute Gasteiger partial charge is 0.234 e. The molecule has 4 nitrogen and oxygen atoms in total. The Morgan fingerprint density at radius 1 is 1.56 bits per heavy atom. The van der Waals surface area contributed by atoms with Crippen LogP contribution in [0.1, 0.15) is 25.1 Å². The molecule has 1 heterocycles. The van der Waals surface area contributed by atoms with E-state index in [1.165, 1.54) is 0 Å². The van der Waals surface area contributed by atoms with Gasteiger partial charge in [0, 0.05) is 12.7 Å². The summed E-state index contributed by atoms with van der Waals surface area (Å²) in [6.07, 6.45) is 1.75. The van der Waals surface area contributed by atoms with Crippen molar-refractivity contribution in [2.24, 2.45) is 11.7 Å². The predicted molar refractivity (Wildman–Crippen MR) is 63.6 cm³/mol. The van der Waals surface area contributed by atoms with Crippen LogP contribution in [0.15, 0.2) is 18.3 Å². The largest absolute Gasteiger partial charge is 0.368 e. The number of hydrogen-bond acceptors (Lipinski definition) is 3. The lowest BCUT2D eigenvalue weighted by Gasteiger charge is -2.19. The van der Waals surface area contributed by atoms with Gasteiger partial charge in [-0.2, -0.15) is 0 Å². The third kappa shape index (κ3) is 3.31. The molecule has 88 valence electrons. The SMILES string of the molecule is Cc1cccnc1CNC(C(N)=O)C(C)C. The molecule has 0 aliphatic carbocycles. The summed E-state index contributed by atoms with van der Waals surface area (Å²) in [5.74, 6) is -0.134. The van der Waals surface area contributed by atoms with E-state index in [0.717, 1.165) is 11.3 Å². The molecule has 0 bridgehead atoms. The lowest BCUT2D eigenvalue weighted by atomic mass is 10.0. The molecule has 0 aliphatic heterocycles. The number of aryl methyl sites for hydroxylation is 1. The maximum Gasteiger partial charge on any atom is 0.234 e. The fourth-order valence-corrected chi connectivity index (χ4v) is 1.57. The number of aromatic nitrogens is 1. The molecule has 0 spiro atoms. The monoisotopic (exact) mass is 221 g/mol. The van der Waals surface area contributed by atoms with Crippen molar-refractivity contribution >= 4 is 5.91 Å². The maximum atomic E-state index is 11.2. The van der Waals surface area contributed by atoms with Gasteiger partial charge in [-0.15, -0.1) is 0 Å². The summed E-state index contributed by atoms with van der Waals surface area (Å²) in [6, 6.07) is 3.59.